The van der Waals surface area contributed by atoms with E-state index in [-0.39, 0.29) is 11.3 Å². The molecule has 1 heterocycles. The third-order valence-electron chi connectivity index (χ3n) is 4.27. The number of carbonyl (C=O) groups excluding carboxylic acids is 1. The largest absolute Gasteiger partial charge is 0.355 e. The molecule has 1 N–H and O–H groups in total. The maximum absolute atomic E-state index is 12.0. The van der Waals surface area contributed by atoms with Crippen molar-refractivity contribution in [3.63, 3.8) is 0 Å². The summed E-state index contributed by atoms with van der Waals surface area (Å²) in [6.45, 7) is 13.7. The number of aryl methyl sites for hydroxylation is 3. The molecule has 0 bridgehead atoms. The molecule has 2 aromatic rings. The van der Waals surface area contributed by atoms with E-state index in [0.717, 1.165) is 17.1 Å². The fraction of sp³-hybridized carbons (Fsp3) is 0.500. The van der Waals surface area contributed by atoms with E-state index in [0.29, 0.717) is 13.0 Å². The van der Waals surface area contributed by atoms with Gasteiger partial charge in [-0.25, -0.2) is 4.98 Å². The number of rotatable bonds is 5. The van der Waals surface area contributed by atoms with Crippen LogP contribution in [0.1, 0.15) is 53.7 Å². The van der Waals surface area contributed by atoms with Gasteiger partial charge >= 0.3 is 0 Å². The number of nitrogens with zero attached hydrogens (tertiary/aromatic N) is 1. The molecule has 0 radical (unpaired) electrons. The van der Waals surface area contributed by atoms with E-state index >= 15 is 0 Å². The van der Waals surface area contributed by atoms with Gasteiger partial charge in [-0.1, -0.05) is 32.9 Å². The minimum Gasteiger partial charge on any atom is -0.355 e. The average molecular weight is 345 g/mol. The molecule has 1 aromatic carbocycles. The molecule has 1 amide bonds. The van der Waals surface area contributed by atoms with Crippen LogP contribution in [0.4, 0.5) is 0 Å². The van der Waals surface area contributed by atoms with Crippen LogP contribution in [0.2, 0.25) is 0 Å². The Morgan fingerprint density at radius 3 is 2.29 bits per heavy atom. The van der Waals surface area contributed by atoms with Crippen LogP contribution in [-0.2, 0) is 23.1 Å². The van der Waals surface area contributed by atoms with Crippen molar-refractivity contribution < 1.29 is 4.79 Å². The van der Waals surface area contributed by atoms with E-state index in [1.165, 1.54) is 22.3 Å². The van der Waals surface area contributed by atoms with Crippen molar-refractivity contribution in [2.45, 2.75) is 59.8 Å². The second-order valence-electron chi connectivity index (χ2n) is 7.47. The van der Waals surface area contributed by atoms with Gasteiger partial charge in [-0.05, 0) is 54.9 Å². The lowest BCUT2D eigenvalue weighted by atomic mass is 9.83. The second-order valence-corrected chi connectivity index (χ2v) is 8.54. The molecule has 0 aliphatic heterocycles. The summed E-state index contributed by atoms with van der Waals surface area (Å²) >= 11 is 1.58. The number of hydrogen-bond donors (Lipinski definition) is 1. The normalized spacial score (nSPS) is 11.6. The van der Waals surface area contributed by atoms with Crippen LogP contribution in [0.25, 0.3) is 0 Å². The molecule has 24 heavy (non-hydrogen) atoms. The number of aromatic nitrogens is 1. The number of thiazole rings is 1. The van der Waals surface area contributed by atoms with Gasteiger partial charge in [0, 0.05) is 11.9 Å². The fourth-order valence-corrected chi connectivity index (χ4v) is 3.48. The van der Waals surface area contributed by atoms with Gasteiger partial charge in [-0.15, -0.1) is 11.3 Å². The number of carbonyl (C=O) groups is 1. The maximum atomic E-state index is 12.0. The van der Waals surface area contributed by atoms with Gasteiger partial charge in [0.2, 0.25) is 5.91 Å². The molecule has 0 aliphatic rings. The van der Waals surface area contributed by atoms with Gasteiger partial charge in [0.25, 0.3) is 0 Å². The number of benzene rings is 1. The summed E-state index contributed by atoms with van der Waals surface area (Å²) in [6, 6.07) is 4.56. The highest BCUT2D eigenvalue weighted by Gasteiger charge is 2.16. The lowest BCUT2D eigenvalue weighted by Gasteiger charge is -2.22. The summed E-state index contributed by atoms with van der Waals surface area (Å²) in [5.41, 5.74) is 6.34. The molecule has 0 atom stereocenters. The van der Waals surface area contributed by atoms with Gasteiger partial charge in [-0.3, -0.25) is 4.79 Å². The van der Waals surface area contributed by atoms with Crippen molar-refractivity contribution >= 4 is 17.2 Å². The Morgan fingerprint density at radius 2 is 1.79 bits per heavy atom. The van der Waals surface area contributed by atoms with Crippen LogP contribution in [0.3, 0.4) is 0 Å². The minimum absolute atomic E-state index is 0.0434. The summed E-state index contributed by atoms with van der Waals surface area (Å²) in [7, 11) is 0. The van der Waals surface area contributed by atoms with E-state index < -0.39 is 0 Å². The van der Waals surface area contributed by atoms with Crippen molar-refractivity contribution in [2.24, 2.45) is 0 Å². The third kappa shape index (κ3) is 4.91. The van der Waals surface area contributed by atoms with Crippen molar-refractivity contribution in [3.05, 3.63) is 50.5 Å². The fourth-order valence-electron chi connectivity index (χ4n) is 2.86. The van der Waals surface area contributed by atoms with Crippen molar-refractivity contribution in [1.82, 2.24) is 10.3 Å². The van der Waals surface area contributed by atoms with Crippen LogP contribution in [0.5, 0.6) is 0 Å². The maximum Gasteiger partial charge on any atom is 0.226 e. The summed E-state index contributed by atoms with van der Waals surface area (Å²) in [5, 5.41) is 5.97. The smallest absolute Gasteiger partial charge is 0.226 e. The Bertz CT molecular complexity index is 702. The van der Waals surface area contributed by atoms with Crippen LogP contribution in [0, 0.1) is 20.8 Å². The number of hydrogen-bond acceptors (Lipinski definition) is 3. The first-order chi connectivity index (χ1) is 11.2. The SMILES string of the molecule is Cc1nc(CC(=O)NCCc2c(C)cc(C(C)(C)C)cc2C)cs1. The highest BCUT2D eigenvalue weighted by atomic mass is 32.1. The average Bonchev–Trinajstić information content (AvgIpc) is 2.85. The minimum atomic E-state index is 0.0434. The van der Waals surface area contributed by atoms with E-state index in [1.807, 2.05) is 12.3 Å². The lowest BCUT2D eigenvalue weighted by Crippen LogP contribution is -2.27. The van der Waals surface area contributed by atoms with E-state index in [4.69, 9.17) is 0 Å². The van der Waals surface area contributed by atoms with Crippen LogP contribution in [0.15, 0.2) is 17.5 Å². The van der Waals surface area contributed by atoms with E-state index in [9.17, 15) is 4.79 Å². The first-order valence-electron chi connectivity index (χ1n) is 8.45. The molecule has 0 spiro atoms. The van der Waals surface area contributed by atoms with Crippen molar-refractivity contribution in [2.75, 3.05) is 6.54 Å². The quantitative estimate of drug-likeness (QED) is 0.880. The first kappa shape index (κ1) is 18.7. The van der Waals surface area contributed by atoms with Crippen LogP contribution < -0.4 is 5.32 Å². The predicted octanol–water partition coefficient (Wildman–Crippen LogP) is 4.27. The molecule has 3 nitrogen and oxygen atoms in total. The molecule has 0 unspecified atom stereocenters. The first-order valence-corrected chi connectivity index (χ1v) is 9.33. The zero-order chi connectivity index (χ0) is 17.9. The molecule has 1 aromatic heterocycles. The molecule has 0 saturated carbocycles. The Kier molecular flexibility index (Phi) is 5.81. The molecule has 0 fully saturated rings. The van der Waals surface area contributed by atoms with E-state index in [1.54, 1.807) is 11.3 Å². The van der Waals surface area contributed by atoms with Gasteiger partial charge in [-0.2, -0.15) is 0 Å². The Hall–Kier alpha value is -1.68. The molecular formula is C20H28N2OS. The van der Waals surface area contributed by atoms with Crippen LogP contribution in [-0.4, -0.2) is 17.4 Å². The molecular weight excluding hydrogens is 316 g/mol. The lowest BCUT2D eigenvalue weighted by molar-refractivity contribution is -0.120. The van der Waals surface area contributed by atoms with Crippen molar-refractivity contribution in [3.8, 4) is 0 Å². The van der Waals surface area contributed by atoms with Gasteiger partial charge in [0.05, 0.1) is 17.1 Å². The molecule has 0 aliphatic carbocycles. The highest BCUT2D eigenvalue weighted by Crippen LogP contribution is 2.27. The molecule has 130 valence electrons. The van der Waals surface area contributed by atoms with Gasteiger partial charge in [0.1, 0.15) is 0 Å². The standard InChI is InChI=1S/C20H28N2OS/c1-13-9-16(20(4,5)6)10-14(2)18(13)7-8-21-19(23)11-17-12-24-15(3)22-17/h9-10,12H,7-8,11H2,1-6H3,(H,21,23). The molecule has 0 saturated heterocycles. The summed E-state index contributed by atoms with van der Waals surface area (Å²) in [4.78, 5) is 16.4. The number of nitrogens with one attached hydrogen (secondary N) is 1. The zero-order valence-corrected chi connectivity index (χ0v) is 16.4. The summed E-state index contributed by atoms with van der Waals surface area (Å²) in [6.07, 6.45) is 1.23. The zero-order valence-electron chi connectivity index (χ0n) is 15.6. The Labute approximate surface area is 149 Å². The Balaban J connectivity index is 1.93. The molecule has 2 rings (SSSR count). The monoisotopic (exact) mass is 344 g/mol. The summed E-state index contributed by atoms with van der Waals surface area (Å²) < 4.78 is 0. The highest BCUT2D eigenvalue weighted by molar-refractivity contribution is 7.09. The Morgan fingerprint density at radius 1 is 1.17 bits per heavy atom. The van der Waals surface area contributed by atoms with Crippen LogP contribution >= 0.6 is 11.3 Å². The predicted molar refractivity (Wildman–Crippen MR) is 102 cm³/mol. The molecule has 4 heteroatoms. The van der Waals surface area contributed by atoms with E-state index in [2.05, 4.69) is 57.1 Å². The third-order valence-corrected chi connectivity index (χ3v) is 5.09. The van der Waals surface area contributed by atoms with Crippen molar-refractivity contribution in [1.29, 1.82) is 0 Å². The topological polar surface area (TPSA) is 42.0 Å². The number of amides is 1. The second kappa shape index (κ2) is 7.47. The van der Waals surface area contributed by atoms with Gasteiger partial charge < -0.3 is 5.32 Å². The summed E-state index contributed by atoms with van der Waals surface area (Å²) in [5.74, 6) is 0.0434. The van der Waals surface area contributed by atoms with Gasteiger partial charge in [0.15, 0.2) is 0 Å².